The summed E-state index contributed by atoms with van der Waals surface area (Å²) < 4.78 is 43.5. The Morgan fingerprint density at radius 3 is 2.60 bits per heavy atom. The van der Waals surface area contributed by atoms with Crippen LogP contribution in [0.25, 0.3) is 21.3 Å². The van der Waals surface area contributed by atoms with Crippen LogP contribution in [0.1, 0.15) is 16.7 Å². The Kier molecular flexibility index (Phi) is 5.23. The van der Waals surface area contributed by atoms with Crippen molar-refractivity contribution in [1.82, 2.24) is 4.57 Å². The molecule has 3 aromatic carbocycles. The SMILES string of the molecule is N#Cc1ccccc1-c1ccc2c(c1)sc(=O)n2Cc1cc(C(F)(F)P)ccc1F. The molecule has 1 heterocycles. The third kappa shape index (κ3) is 3.77. The smallest absolute Gasteiger partial charge is 0.294 e. The number of benzene rings is 3. The Labute approximate surface area is 176 Å². The Balaban J connectivity index is 1.78. The van der Waals surface area contributed by atoms with E-state index in [0.717, 1.165) is 40.7 Å². The van der Waals surface area contributed by atoms with Crippen LogP contribution in [0.3, 0.4) is 0 Å². The zero-order valence-corrected chi connectivity index (χ0v) is 17.4. The minimum absolute atomic E-state index is 0.00956. The number of halogens is 3. The first-order chi connectivity index (χ1) is 14.3. The van der Waals surface area contributed by atoms with Gasteiger partial charge in [-0.1, -0.05) is 44.8 Å². The van der Waals surface area contributed by atoms with Gasteiger partial charge in [0.15, 0.2) is 0 Å². The van der Waals surface area contributed by atoms with Crippen molar-refractivity contribution in [2.24, 2.45) is 0 Å². The highest BCUT2D eigenvalue weighted by Gasteiger charge is 2.25. The summed E-state index contributed by atoms with van der Waals surface area (Å²) in [5.41, 5.74) is -0.902. The van der Waals surface area contributed by atoms with Gasteiger partial charge >= 0.3 is 4.87 Å². The highest BCUT2D eigenvalue weighted by Crippen LogP contribution is 2.36. The van der Waals surface area contributed by atoms with Crippen molar-refractivity contribution in [2.75, 3.05) is 0 Å². The summed E-state index contributed by atoms with van der Waals surface area (Å²) >= 11 is 0.986. The van der Waals surface area contributed by atoms with Crippen molar-refractivity contribution in [3.8, 4) is 17.2 Å². The largest absolute Gasteiger partial charge is 0.308 e. The van der Waals surface area contributed by atoms with E-state index >= 15 is 0 Å². The first-order valence-electron chi connectivity index (χ1n) is 8.86. The molecule has 0 radical (unpaired) electrons. The van der Waals surface area contributed by atoms with Gasteiger partial charge in [0.1, 0.15) is 5.82 Å². The topological polar surface area (TPSA) is 45.8 Å². The van der Waals surface area contributed by atoms with E-state index in [9.17, 15) is 23.2 Å². The van der Waals surface area contributed by atoms with E-state index < -0.39 is 11.5 Å². The molecule has 0 saturated carbocycles. The zero-order chi connectivity index (χ0) is 21.5. The van der Waals surface area contributed by atoms with Crippen molar-refractivity contribution < 1.29 is 13.2 Å². The molecule has 8 heteroatoms. The second-order valence-corrected chi connectivity index (χ2v) is 8.44. The Morgan fingerprint density at radius 2 is 1.87 bits per heavy atom. The van der Waals surface area contributed by atoms with E-state index in [-0.39, 0.29) is 22.5 Å². The van der Waals surface area contributed by atoms with Crippen molar-refractivity contribution in [2.45, 2.75) is 12.2 Å². The van der Waals surface area contributed by atoms with Gasteiger partial charge in [-0.3, -0.25) is 9.36 Å². The molecule has 0 aliphatic carbocycles. The number of nitriles is 1. The van der Waals surface area contributed by atoms with E-state index in [2.05, 4.69) is 6.07 Å². The minimum Gasteiger partial charge on any atom is -0.294 e. The summed E-state index contributed by atoms with van der Waals surface area (Å²) in [4.78, 5) is 12.2. The van der Waals surface area contributed by atoms with Crippen LogP contribution < -0.4 is 4.87 Å². The number of fused-ring (bicyclic) bond motifs is 1. The highest BCUT2D eigenvalue weighted by atomic mass is 32.1. The third-order valence-electron chi connectivity index (χ3n) is 4.79. The number of rotatable bonds is 4. The molecule has 0 N–H and O–H groups in total. The Bertz CT molecular complexity index is 1370. The number of nitrogens with zero attached hydrogens (tertiary/aromatic N) is 2. The van der Waals surface area contributed by atoms with E-state index in [4.69, 9.17) is 0 Å². The summed E-state index contributed by atoms with van der Waals surface area (Å²) in [6.45, 7) is -0.159. The van der Waals surface area contributed by atoms with Crippen LogP contribution in [0.5, 0.6) is 0 Å². The fourth-order valence-electron chi connectivity index (χ4n) is 3.29. The molecule has 1 aromatic heterocycles. The number of hydrogen-bond acceptors (Lipinski definition) is 3. The number of alkyl halides is 2. The summed E-state index contributed by atoms with van der Waals surface area (Å²) in [6.07, 6.45) is 0. The fraction of sp³-hybridized carbons (Fsp3) is 0.0909. The van der Waals surface area contributed by atoms with Crippen LogP contribution in [0.2, 0.25) is 0 Å². The minimum atomic E-state index is -3.19. The first kappa shape index (κ1) is 20.3. The van der Waals surface area contributed by atoms with Crippen LogP contribution in [0.4, 0.5) is 13.2 Å². The standard InChI is InChI=1S/C22H14F3N2OPS/c23-18-7-6-16(22(24,25)29)9-15(18)12-27-19-8-5-13(10-20(19)30-21(27)28)17-4-2-1-3-14(17)11-26/h1-10H,12,29H2. The molecule has 30 heavy (non-hydrogen) atoms. The van der Waals surface area contributed by atoms with Crippen LogP contribution in [0, 0.1) is 17.1 Å². The molecule has 0 aliphatic heterocycles. The van der Waals surface area contributed by atoms with Gasteiger partial charge in [-0.05, 0) is 47.5 Å². The lowest BCUT2D eigenvalue weighted by atomic mass is 10.0. The second-order valence-electron chi connectivity index (χ2n) is 6.72. The van der Waals surface area contributed by atoms with Crippen molar-refractivity contribution >= 4 is 30.8 Å². The molecular weight excluding hydrogens is 428 g/mol. The average Bonchev–Trinajstić information content (AvgIpc) is 3.03. The number of thiazole rings is 1. The van der Waals surface area contributed by atoms with Gasteiger partial charge in [0.25, 0.3) is 5.66 Å². The molecule has 0 aliphatic rings. The summed E-state index contributed by atoms with van der Waals surface area (Å²) in [6, 6.07) is 17.7. The molecule has 4 aromatic rings. The second kappa shape index (κ2) is 7.71. The van der Waals surface area contributed by atoms with Gasteiger partial charge in [0.05, 0.1) is 28.4 Å². The molecule has 3 nitrogen and oxygen atoms in total. The van der Waals surface area contributed by atoms with E-state index in [1.165, 1.54) is 13.8 Å². The van der Waals surface area contributed by atoms with Gasteiger partial charge < -0.3 is 0 Å². The fourth-order valence-corrected chi connectivity index (χ4v) is 4.40. The molecule has 1 unspecified atom stereocenters. The molecule has 1 atom stereocenters. The average molecular weight is 442 g/mol. The van der Waals surface area contributed by atoms with E-state index in [0.29, 0.717) is 15.8 Å². The number of aromatic nitrogens is 1. The monoisotopic (exact) mass is 442 g/mol. The predicted molar refractivity (Wildman–Crippen MR) is 115 cm³/mol. The maximum atomic E-state index is 14.3. The van der Waals surface area contributed by atoms with Gasteiger partial charge in [-0.15, -0.1) is 0 Å². The highest BCUT2D eigenvalue weighted by molar-refractivity contribution is 7.17. The van der Waals surface area contributed by atoms with Crippen LogP contribution >= 0.6 is 20.6 Å². The third-order valence-corrected chi connectivity index (χ3v) is 6.06. The number of hydrogen-bond donors (Lipinski definition) is 0. The maximum Gasteiger partial charge on any atom is 0.308 e. The quantitative estimate of drug-likeness (QED) is 0.380. The normalized spacial score (nSPS) is 11.6. The molecule has 0 saturated heterocycles. The zero-order valence-electron chi connectivity index (χ0n) is 15.4. The molecule has 0 spiro atoms. The summed E-state index contributed by atoms with van der Waals surface area (Å²) in [5, 5.41) is 9.32. The lowest BCUT2D eigenvalue weighted by Gasteiger charge is -2.13. The van der Waals surface area contributed by atoms with Crippen LogP contribution in [-0.4, -0.2) is 4.57 Å². The molecule has 150 valence electrons. The van der Waals surface area contributed by atoms with Gasteiger partial charge in [-0.2, -0.15) is 14.0 Å². The van der Waals surface area contributed by atoms with Crippen LogP contribution in [0.15, 0.2) is 65.5 Å². The van der Waals surface area contributed by atoms with E-state index in [1.807, 2.05) is 12.1 Å². The van der Waals surface area contributed by atoms with Crippen molar-refractivity contribution in [1.29, 1.82) is 5.26 Å². The molecule has 0 fully saturated rings. The summed E-state index contributed by atoms with van der Waals surface area (Å²) in [5.74, 6) is -0.654. The predicted octanol–water partition coefficient (Wildman–Crippen LogP) is 5.71. The van der Waals surface area contributed by atoms with Gasteiger partial charge in [-0.25, -0.2) is 4.39 Å². The van der Waals surface area contributed by atoms with Crippen LogP contribution in [-0.2, 0) is 12.2 Å². The Hall–Kier alpha value is -2.94. The van der Waals surface area contributed by atoms with Gasteiger partial charge in [0.2, 0.25) is 0 Å². The van der Waals surface area contributed by atoms with Crippen molar-refractivity contribution in [3.05, 3.63) is 92.8 Å². The van der Waals surface area contributed by atoms with Gasteiger partial charge in [0, 0.05) is 11.1 Å². The van der Waals surface area contributed by atoms with Crippen molar-refractivity contribution in [3.63, 3.8) is 0 Å². The lowest BCUT2D eigenvalue weighted by molar-refractivity contribution is 0.104. The molecule has 4 rings (SSSR count). The maximum absolute atomic E-state index is 14.3. The molecule has 0 bridgehead atoms. The van der Waals surface area contributed by atoms with E-state index in [1.54, 1.807) is 30.3 Å². The molecular formula is C22H14F3N2OPS. The lowest BCUT2D eigenvalue weighted by Crippen LogP contribution is -2.15. The summed E-state index contributed by atoms with van der Waals surface area (Å²) in [7, 11) is 1.43. The molecule has 0 amide bonds. The first-order valence-corrected chi connectivity index (χ1v) is 10.3. The Morgan fingerprint density at radius 1 is 1.10 bits per heavy atom.